The van der Waals surface area contributed by atoms with Gasteiger partial charge in [-0.15, -0.1) is 0 Å². The van der Waals surface area contributed by atoms with Crippen LogP contribution in [0.5, 0.6) is 0 Å². The zero-order valence-corrected chi connectivity index (χ0v) is 13.4. The third kappa shape index (κ3) is 4.72. The lowest BCUT2D eigenvalue weighted by Crippen LogP contribution is -2.37. The van der Waals surface area contributed by atoms with E-state index in [0.717, 1.165) is 19.4 Å². The summed E-state index contributed by atoms with van der Waals surface area (Å²) in [5.74, 6) is 0.719. The van der Waals surface area contributed by atoms with Gasteiger partial charge in [0.25, 0.3) is 0 Å². The van der Waals surface area contributed by atoms with Gasteiger partial charge in [0.15, 0.2) is 0 Å². The van der Waals surface area contributed by atoms with Gasteiger partial charge in [0.1, 0.15) is 4.90 Å². The van der Waals surface area contributed by atoms with Crippen LogP contribution in [0.1, 0.15) is 40.5 Å². The maximum atomic E-state index is 12.2. The molecular weight excluding hydrogens is 276 g/mol. The Bertz CT molecular complexity index is 502. The van der Waals surface area contributed by atoms with Crippen LogP contribution in [-0.2, 0) is 10.0 Å². The molecule has 20 heavy (non-hydrogen) atoms. The number of sulfonamides is 1. The van der Waals surface area contributed by atoms with Crippen molar-refractivity contribution in [3.63, 3.8) is 0 Å². The molecule has 114 valence electrons. The standard InChI is InChI=1S/C13H24N4O2S/c1-5-7-14-13-15-8-12(9-16-13)20(18,19)17-11(4)10(3)6-2/h8-11,17H,5-7H2,1-4H3,(H,14,15,16). The average molecular weight is 300 g/mol. The van der Waals surface area contributed by atoms with Crippen molar-refractivity contribution < 1.29 is 8.42 Å². The van der Waals surface area contributed by atoms with E-state index in [-0.39, 0.29) is 16.9 Å². The van der Waals surface area contributed by atoms with Crippen molar-refractivity contribution in [2.24, 2.45) is 5.92 Å². The molecule has 2 atom stereocenters. The molecule has 1 rings (SSSR count). The summed E-state index contributed by atoms with van der Waals surface area (Å²) in [4.78, 5) is 8.12. The van der Waals surface area contributed by atoms with Crippen molar-refractivity contribution in [1.82, 2.24) is 14.7 Å². The van der Waals surface area contributed by atoms with Gasteiger partial charge in [-0.05, 0) is 19.3 Å². The molecule has 0 aliphatic carbocycles. The fourth-order valence-corrected chi connectivity index (χ4v) is 2.81. The van der Waals surface area contributed by atoms with E-state index in [1.807, 2.05) is 27.7 Å². The predicted molar refractivity (Wildman–Crippen MR) is 80.1 cm³/mol. The number of nitrogens with zero attached hydrogens (tertiary/aromatic N) is 2. The highest BCUT2D eigenvalue weighted by atomic mass is 32.2. The van der Waals surface area contributed by atoms with Crippen LogP contribution in [0.4, 0.5) is 5.95 Å². The highest BCUT2D eigenvalue weighted by Gasteiger charge is 2.21. The minimum absolute atomic E-state index is 0.0923. The van der Waals surface area contributed by atoms with Gasteiger partial charge in [-0.1, -0.05) is 27.2 Å². The average Bonchev–Trinajstić information content (AvgIpc) is 2.44. The molecule has 2 unspecified atom stereocenters. The monoisotopic (exact) mass is 300 g/mol. The van der Waals surface area contributed by atoms with Crippen LogP contribution >= 0.6 is 0 Å². The molecule has 0 saturated heterocycles. The summed E-state index contributed by atoms with van der Waals surface area (Å²) in [6, 6.07) is -0.122. The van der Waals surface area contributed by atoms with Crippen LogP contribution in [0.2, 0.25) is 0 Å². The van der Waals surface area contributed by atoms with Crippen LogP contribution in [0.3, 0.4) is 0 Å². The molecule has 0 aliphatic heterocycles. The second-order valence-corrected chi connectivity index (χ2v) is 6.68. The minimum atomic E-state index is -3.55. The van der Waals surface area contributed by atoms with Crippen molar-refractivity contribution in [3.05, 3.63) is 12.4 Å². The van der Waals surface area contributed by atoms with E-state index < -0.39 is 10.0 Å². The van der Waals surface area contributed by atoms with E-state index in [1.54, 1.807) is 0 Å². The number of rotatable bonds is 8. The Kier molecular flexibility index (Phi) is 6.35. The van der Waals surface area contributed by atoms with E-state index in [0.29, 0.717) is 5.95 Å². The van der Waals surface area contributed by atoms with Crippen LogP contribution in [-0.4, -0.2) is 31.0 Å². The molecule has 0 aromatic carbocycles. The lowest BCUT2D eigenvalue weighted by atomic mass is 10.0. The molecule has 7 heteroatoms. The lowest BCUT2D eigenvalue weighted by molar-refractivity contribution is 0.434. The Balaban J connectivity index is 2.77. The fraction of sp³-hybridized carbons (Fsp3) is 0.692. The summed E-state index contributed by atoms with van der Waals surface area (Å²) in [5.41, 5.74) is 0. The Hall–Kier alpha value is -1.21. The van der Waals surface area contributed by atoms with Crippen LogP contribution < -0.4 is 10.0 Å². The first-order chi connectivity index (χ1) is 9.40. The predicted octanol–water partition coefficient (Wildman–Crippen LogP) is 2.01. The summed E-state index contributed by atoms with van der Waals surface area (Å²) >= 11 is 0. The van der Waals surface area contributed by atoms with Gasteiger partial charge in [-0.2, -0.15) is 0 Å². The fourth-order valence-electron chi connectivity index (χ4n) is 1.57. The smallest absolute Gasteiger partial charge is 0.243 e. The highest BCUT2D eigenvalue weighted by Crippen LogP contribution is 2.12. The third-order valence-corrected chi connectivity index (χ3v) is 4.82. The molecule has 0 radical (unpaired) electrons. The van der Waals surface area contributed by atoms with Crippen molar-refractivity contribution in [3.8, 4) is 0 Å². The first-order valence-electron chi connectivity index (χ1n) is 6.99. The molecule has 0 aliphatic rings. The summed E-state index contributed by atoms with van der Waals surface area (Å²) < 4.78 is 27.0. The zero-order chi connectivity index (χ0) is 15.2. The second kappa shape index (κ2) is 7.54. The number of anilines is 1. The summed E-state index contributed by atoms with van der Waals surface area (Å²) in [6.45, 7) is 8.71. The molecule has 1 aromatic heterocycles. The molecule has 0 saturated carbocycles. The summed E-state index contributed by atoms with van der Waals surface area (Å²) in [7, 11) is -3.55. The molecule has 1 aromatic rings. The van der Waals surface area contributed by atoms with Gasteiger partial charge < -0.3 is 5.32 Å². The van der Waals surface area contributed by atoms with Gasteiger partial charge in [-0.25, -0.2) is 23.1 Å². The molecule has 0 fully saturated rings. The number of hydrogen-bond donors (Lipinski definition) is 2. The van der Waals surface area contributed by atoms with Gasteiger partial charge in [0, 0.05) is 12.6 Å². The van der Waals surface area contributed by atoms with E-state index in [1.165, 1.54) is 12.4 Å². The first-order valence-corrected chi connectivity index (χ1v) is 8.47. The molecular formula is C13H24N4O2S. The van der Waals surface area contributed by atoms with Crippen molar-refractivity contribution >= 4 is 16.0 Å². The third-order valence-electron chi connectivity index (χ3n) is 3.31. The highest BCUT2D eigenvalue weighted by molar-refractivity contribution is 7.89. The Morgan fingerprint density at radius 2 is 1.80 bits per heavy atom. The zero-order valence-electron chi connectivity index (χ0n) is 12.5. The summed E-state index contributed by atoms with van der Waals surface area (Å²) in [6.07, 6.45) is 4.53. The Morgan fingerprint density at radius 3 is 2.30 bits per heavy atom. The lowest BCUT2D eigenvalue weighted by Gasteiger charge is -2.19. The Morgan fingerprint density at radius 1 is 1.20 bits per heavy atom. The SMILES string of the molecule is CCCNc1ncc(S(=O)(=O)NC(C)C(C)CC)cn1. The van der Waals surface area contributed by atoms with Crippen LogP contribution in [0.15, 0.2) is 17.3 Å². The molecule has 1 heterocycles. The maximum absolute atomic E-state index is 12.2. The van der Waals surface area contributed by atoms with E-state index in [9.17, 15) is 8.42 Å². The first kappa shape index (κ1) is 16.8. The quantitative estimate of drug-likeness (QED) is 0.767. The van der Waals surface area contributed by atoms with Crippen molar-refractivity contribution in [1.29, 1.82) is 0 Å². The molecule has 6 nitrogen and oxygen atoms in total. The van der Waals surface area contributed by atoms with E-state index in [4.69, 9.17) is 0 Å². The van der Waals surface area contributed by atoms with Crippen molar-refractivity contribution in [2.75, 3.05) is 11.9 Å². The summed E-state index contributed by atoms with van der Waals surface area (Å²) in [5, 5.41) is 3.00. The molecule has 0 bridgehead atoms. The van der Waals surface area contributed by atoms with E-state index in [2.05, 4.69) is 20.0 Å². The number of aromatic nitrogens is 2. The topological polar surface area (TPSA) is 84.0 Å². The van der Waals surface area contributed by atoms with Gasteiger partial charge in [0.05, 0.1) is 12.4 Å². The molecule has 0 amide bonds. The number of hydrogen-bond acceptors (Lipinski definition) is 5. The van der Waals surface area contributed by atoms with E-state index >= 15 is 0 Å². The van der Waals surface area contributed by atoms with Gasteiger partial charge in [-0.3, -0.25) is 0 Å². The largest absolute Gasteiger partial charge is 0.354 e. The van der Waals surface area contributed by atoms with Gasteiger partial charge in [0.2, 0.25) is 16.0 Å². The Labute approximate surface area is 121 Å². The second-order valence-electron chi connectivity index (χ2n) is 4.96. The van der Waals surface area contributed by atoms with Crippen LogP contribution in [0, 0.1) is 5.92 Å². The normalized spacial score (nSPS) is 14.8. The maximum Gasteiger partial charge on any atom is 0.243 e. The number of nitrogens with one attached hydrogen (secondary N) is 2. The van der Waals surface area contributed by atoms with Crippen LogP contribution in [0.25, 0.3) is 0 Å². The minimum Gasteiger partial charge on any atom is -0.354 e. The van der Waals surface area contributed by atoms with Crippen molar-refractivity contribution in [2.45, 2.75) is 51.5 Å². The molecule has 2 N–H and O–H groups in total. The molecule has 0 spiro atoms. The van der Waals surface area contributed by atoms with Gasteiger partial charge >= 0.3 is 0 Å².